The zero-order valence-electron chi connectivity index (χ0n) is 9.92. The van der Waals surface area contributed by atoms with Gasteiger partial charge in [0.2, 0.25) is 0 Å². The first kappa shape index (κ1) is 12.1. The van der Waals surface area contributed by atoms with Crippen LogP contribution in [0.4, 0.5) is 5.69 Å². The minimum absolute atomic E-state index is 0.0880. The normalized spacial score (nSPS) is 10.1. The van der Waals surface area contributed by atoms with Crippen LogP contribution in [0.15, 0.2) is 30.6 Å². The molecule has 7 nitrogen and oxygen atoms in total. The molecule has 1 heterocycles. The van der Waals surface area contributed by atoms with Crippen LogP contribution in [0.5, 0.6) is 0 Å². The predicted octanol–water partition coefficient (Wildman–Crippen LogP) is 0.362. The van der Waals surface area contributed by atoms with Crippen LogP contribution in [-0.2, 0) is 6.54 Å². The SMILES string of the molecule is CN(Cc1ncn[nH]1)C(=O)c1ccc(NN)cc1. The average molecular weight is 246 g/mol. The number of nitrogen functional groups attached to an aromatic ring is 1. The van der Waals surface area contributed by atoms with Gasteiger partial charge in [-0.1, -0.05) is 0 Å². The maximum Gasteiger partial charge on any atom is 0.254 e. The monoisotopic (exact) mass is 246 g/mol. The molecule has 0 aliphatic heterocycles. The number of benzene rings is 1. The van der Waals surface area contributed by atoms with Crippen molar-refractivity contribution >= 4 is 11.6 Å². The van der Waals surface area contributed by atoms with E-state index >= 15 is 0 Å². The van der Waals surface area contributed by atoms with Crippen molar-refractivity contribution in [3.8, 4) is 0 Å². The summed E-state index contributed by atoms with van der Waals surface area (Å²) in [6.45, 7) is 0.385. The van der Waals surface area contributed by atoms with E-state index in [-0.39, 0.29) is 5.91 Å². The third-order valence-corrected chi connectivity index (χ3v) is 2.50. The molecule has 0 bridgehead atoms. The number of amides is 1. The van der Waals surface area contributed by atoms with Gasteiger partial charge >= 0.3 is 0 Å². The van der Waals surface area contributed by atoms with E-state index in [1.54, 1.807) is 36.2 Å². The molecule has 0 unspecified atom stereocenters. The first-order valence-electron chi connectivity index (χ1n) is 5.37. The van der Waals surface area contributed by atoms with Gasteiger partial charge in [-0.15, -0.1) is 0 Å². The van der Waals surface area contributed by atoms with Crippen molar-refractivity contribution in [3.63, 3.8) is 0 Å². The molecule has 0 saturated heterocycles. The largest absolute Gasteiger partial charge is 0.334 e. The fourth-order valence-electron chi connectivity index (χ4n) is 1.53. The van der Waals surface area contributed by atoms with E-state index in [1.165, 1.54) is 6.33 Å². The number of rotatable bonds is 4. The molecule has 7 heteroatoms. The molecular formula is C11H14N6O. The Morgan fingerprint density at radius 3 is 2.72 bits per heavy atom. The van der Waals surface area contributed by atoms with Gasteiger partial charge in [0.1, 0.15) is 12.2 Å². The first-order chi connectivity index (χ1) is 8.70. The lowest BCUT2D eigenvalue weighted by Crippen LogP contribution is -2.26. The Morgan fingerprint density at radius 1 is 1.44 bits per heavy atom. The number of H-pyrrole nitrogens is 1. The van der Waals surface area contributed by atoms with Crippen molar-refractivity contribution < 1.29 is 4.79 Å². The van der Waals surface area contributed by atoms with E-state index in [4.69, 9.17) is 5.84 Å². The number of nitrogens with zero attached hydrogens (tertiary/aromatic N) is 3. The van der Waals surface area contributed by atoms with Gasteiger partial charge < -0.3 is 10.3 Å². The van der Waals surface area contributed by atoms with Gasteiger partial charge in [-0.2, -0.15) is 5.10 Å². The number of hydrogen-bond donors (Lipinski definition) is 3. The molecule has 2 rings (SSSR count). The van der Waals surface area contributed by atoms with Crippen LogP contribution in [0, 0.1) is 0 Å². The van der Waals surface area contributed by atoms with Gasteiger partial charge in [-0.25, -0.2) is 4.98 Å². The maximum atomic E-state index is 12.1. The molecule has 0 aliphatic rings. The zero-order valence-corrected chi connectivity index (χ0v) is 9.92. The molecule has 0 fully saturated rings. The van der Waals surface area contributed by atoms with Crippen LogP contribution in [0.2, 0.25) is 0 Å². The van der Waals surface area contributed by atoms with Gasteiger partial charge in [-0.05, 0) is 24.3 Å². The van der Waals surface area contributed by atoms with Crippen LogP contribution < -0.4 is 11.3 Å². The number of nitrogens with two attached hydrogens (primary N) is 1. The molecular weight excluding hydrogens is 232 g/mol. The quantitative estimate of drug-likeness (QED) is 0.534. The number of hydrazine groups is 1. The molecule has 18 heavy (non-hydrogen) atoms. The number of carbonyl (C=O) groups is 1. The standard InChI is InChI=1S/C11H14N6O/c1-17(6-10-13-7-14-16-10)11(18)8-2-4-9(15-12)5-3-8/h2-5,7,15H,6,12H2,1H3,(H,13,14,16). The Labute approximate surface area is 104 Å². The van der Waals surface area contributed by atoms with E-state index in [0.29, 0.717) is 17.9 Å². The Balaban J connectivity index is 2.05. The fraction of sp³-hybridized carbons (Fsp3) is 0.182. The number of nitrogens with one attached hydrogen (secondary N) is 2. The molecule has 0 atom stereocenters. The van der Waals surface area contributed by atoms with Gasteiger partial charge in [-0.3, -0.25) is 15.7 Å². The number of carbonyl (C=O) groups excluding carboxylic acids is 1. The predicted molar refractivity (Wildman–Crippen MR) is 66.4 cm³/mol. The molecule has 0 radical (unpaired) electrons. The Morgan fingerprint density at radius 2 is 2.17 bits per heavy atom. The lowest BCUT2D eigenvalue weighted by atomic mass is 10.2. The average Bonchev–Trinajstić information content (AvgIpc) is 2.91. The minimum Gasteiger partial charge on any atom is -0.334 e. The highest BCUT2D eigenvalue weighted by Crippen LogP contribution is 2.10. The van der Waals surface area contributed by atoms with Crippen LogP contribution in [0.1, 0.15) is 16.2 Å². The first-order valence-corrected chi connectivity index (χ1v) is 5.37. The van der Waals surface area contributed by atoms with Crippen molar-refractivity contribution in [3.05, 3.63) is 42.0 Å². The lowest BCUT2D eigenvalue weighted by Gasteiger charge is -2.15. The fourth-order valence-corrected chi connectivity index (χ4v) is 1.53. The molecule has 0 saturated carbocycles. The van der Waals surface area contributed by atoms with Crippen LogP contribution in [-0.4, -0.2) is 33.0 Å². The molecule has 0 aliphatic carbocycles. The summed E-state index contributed by atoms with van der Waals surface area (Å²) in [6, 6.07) is 6.92. The van der Waals surface area contributed by atoms with E-state index in [2.05, 4.69) is 20.6 Å². The summed E-state index contributed by atoms with van der Waals surface area (Å²) in [4.78, 5) is 17.6. The summed E-state index contributed by atoms with van der Waals surface area (Å²) in [5.74, 6) is 5.82. The molecule has 1 aromatic carbocycles. The number of anilines is 1. The summed E-state index contributed by atoms with van der Waals surface area (Å²) in [6.07, 6.45) is 1.41. The summed E-state index contributed by atoms with van der Waals surface area (Å²) in [7, 11) is 1.71. The molecule has 2 aromatic rings. The van der Waals surface area contributed by atoms with Crippen molar-refractivity contribution in [2.45, 2.75) is 6.54 Å². The Hall–Kier alpha value is -2.41. The lowest BCUT2D eigenvalue weighted by molar-refractivity contribution is 0.0781. The van der Waals surface area contributed by atoms with E-state index in [9.17, 15) is 4.79 Å². The van der Waals surface area contributed by atoms with Gasteiger partial charge in [0, 0.05) is 18.3 Å². The number of hydrogen-bond acceptors (Lipinski definition) is 5. The highest BCUT2D eigenvalue weighted by molar-refractivity contribution is 5.94. The zero-order chi connectivity index (χ0) is 13.0. The summed E-state index contributed by atoms with van der Waals surface area (Å²) in [5, 5.41) is 6.44. The highest BCUT2D eigenvalue weighted by Gasteiger charge is 2.12. The van der Waals surface area contributed by atoms with Crippen LogP contribution >= 0.6 is 0 Å². The summed E-state index contributed by atoms with van der Waals surface area (Å²) < 4.78 is 0. The van der Waals surface area contributed by atoms with E-state index < -0.39 is 0 Å². The third kappa shape index (κ3) is 2.64. The van der Waals surface area contributed by atoms with E-state index in [1.807, 2.05) is 0 Å². The van der Waals surface area contributed by atoms with Crippen molar-refractivity contribution in [2.24, 2.45) is 5.84 Å². The molecule has 1 amide bonds. The van der Waals surface area contributed by atoms with Gasteiger partial charge in [0.15, 0.2) is 0 Å². The number of aromatic amines is 1. The minimum atomic E-state index is -0.0880. The van der Waals surface area contributed by atoms with E-state index in [0.717, 1.165) is 5.69 Å². The second kappa shape index (κ2) is 5.28. The second-order valence-corrected chi connectivity index (χ2v) is 3.82. The Bertz CT molecular complexity index is 507. The van der Waals surface area contributed by atoms with Crippen LogP contribution in [0.3, 0.4) is 0 Å². The van der Waals surface area contributed by atoms with Crippen molar-refractivity contribution in [2.75, 3.05) is 12.5 Å². The Kier molecular flexibility index (Phi) is 3.54. The van der Waals surface area contributed by atoms with Gasteiger partial charge in [0.25, 0.3) is 5.91 Å². The summed E-state index contributed by atoms with van der Waals surface area (Å²) >= 11 is 0. The number of aromatic nitrogens is 3. The van der Waals surface area contributed by atoms with Crippen LogP contribution in [0.25, 0.3) is 0 Å². The molecule has 4 N–H and O–H groups in total. The smallest absolute Gasteiger partial charge is 0.254 e. The molecule has 1 aromatic heterocycles. The molecule has 94 valence electrons. The maximum absolute atomic E-state index is 12.1. The van der Waals surface area contributed by atoms with Crippen molar-refractivity contribution in [1.29, 1.82) is 0 Å². The van der Waals surface area contributed by atoms with Crippen molar-refractivity contribution in [1.82, 2.24) is 20.1 Å². The highest BCUT2D eigenvalue weighted by atomic mass is 16.2. The topological polar surface area (TPSA) is 99.9 Å². The van der Waals surface area contributed by atoms with Gasteiger partial charge in [0.05, 0.1) is 6.54 Å². The third-order valence-electron chi connectivity index (χ3n) is 2.50. The molecule has 0 spiro atoms. The second-order valence-electron chi connectivity index (χ2n) is 3.82. The summed E-state index contributed by atoms with van der Waals surface area (Å²) in [5.41, 5.74) is 3.86.